The second-order valence-electron chi connectivity index (χ2n) is 5.53. The highest BCUT2D eigenvalue weighted by molar-refractivity contribution is 7.15. The molecule has 0 saturated carbocycles. The SMILES string of the molecule is Cc1csc2nc(CN3C[C@@H](C)O[C@H](C)C3)cc(=O)n12. The lowest BCUT2D eigenvalue weighted by Gasteiger charge is -2.34. The van der Waals surface area contributed by atoms with Crippen LogP contribution < -0.4 is 5.56 Å². The van der Waals surface area contributed by atoms with Gasteiger partial charge in [0.1, 0.15) is 0 Å². The molecule has 2 atom stereocenters. The molecule has 0 aliphatic carbocycles. The van der Waals surface area contributed by atoms with Gasteiger partial charge < -0.3 is 4.74 Å². The number of aromatic nitrogens is 2. The lowest BCUT2D eigenvalue weighted by molar-refractivity contribution is -0.0707. The number of ether oxygens (including phenoxy) is 1. The summed E-state index contributed by atoms with van der Waals surface area (Å²) in [5.41, 5.74) is 1.80. The van der Waals surface area contributed by atoms with Crippen LogP contribution in [0.15, 0.2) is 16.2 Å². The summed E-state index contributed by atoms with van der Waals surface area (Å²) in [6.45, 7) is 8.57. The van der Waals surface area contributed by atoms with Crippen molar-refractivity contribution >= 4 is 16.3 Å². The molecule has 3 heterocycles. The Labute approximate surface area is 121 Å². The van der Waals surface area contributed by atoms with Gasteiger partial charge in [0.15, 0.2) is 4.96 Å². The first-order chi connectivity index (χ1) is 9.52. The zero-order chi connectivity index (χ0) is 14.3. The highest BCUT2D eigenvalue weighted by Crippen LogP contribution is 2.15. The number of hydrogen-bond acceptors (Lipinski definition) is 5. The molecule has 2 aromatic rings. The molecule has 5 nitrogen and oxygen atoms in total. The Kier molecular flexibility index (Phi) is 3.62. The minimum atomic E-state index is 0.0121. The average Bonchev–Trinajstić information content (AvgIpc) is 2.69. The van der Waals surface area contributed by atoms with Crippen molar-refractivity contribution in [1.29, 1.82) is 0 Å². The molecule has 1 fully saturated rings. The molecule has 0 aromatic carbocycles. The summed E-state index contributed by atoms with van der Waals surface area (Å²) in [5, 5.41) is 1.96. The highest BCUT2D eigenvalue weighted by atomic mass is 32.1. The Bertz CT molecular complexity index is 669. The fourth-order valence-corrected chi connectivity index (χ4v) is 3.72. The van der Waals surface area contributed by atoms with Crippen LogP contribution in [0, 0.1) is 6.92 Å². The third kappa shape index (κ3) is 2.63. The van der Waals surface area contributed by atoms with E-state index in [0.717, 1.165) is 29.4 Å². The van der Waals surface area contributed by atoms with Gasteiger partial charge in [0, 0.05) is 36.8 Å². The van der Waals surface area contributed by atoms with Crippen molar-refractivity contribution in [3.05, 3.63) is 33.2 Å². The van der Waals surface area contributed by atoms with Gasteiger partial charge in [-0.25, -0.2) is 4.98 Å². The first-order valence-electron chi connectivity index (χ1n) is 6.87. The van der Waals surface area contributed by atoms with E-state index in [1.807, 2.05) is 12.3 Å². The van der Waals surface area contributed by atoms with Gasteiger partial charge in [-0.05, 0) is 20.8 Å². The van der Waals surface area contributed by atoms with Crippen LogP contribution in [0.25, 0.3) is 4.96 Å². The van der Waals surface area contributed by atoms with Gasteiger partial charge in [-0.15, -0.1) is 11.3 Å². The smallest absolute Gasteiger partial charge is 0.259 e. The van der Waals surface area contributed by atoms with E-state index >= 15 is 0 Å². The standard InChI is InChI=1S/C14H19N3O2S/c1-9-8-20-14-15-12(4-13(18)17(9)14)7-16-5-10(2)19-11(3)6-16/h4,8,10-11H,5-7H2,1-3H3/t10-,11-/m1/s1. The lowest BCUT2D eigenvalue weighted by Crippen LogP contribution is -2.45. The summed E-state index contributed by atoms with van der Waals surface area (Å²) < 4.78 is 7.39. The first-order valence-corrected chi connectivity index (χ1v) is 7.75. The predicted molar refractivity (Wildman–Crippen MR) is 79.4 cm³/mol. The zero-order valence-electron chi connectivity index (χ0n) is 12.0. The number of nitrogens with zero attached hydrogens (tertiary/aromatic N) is 3. The van der Waals surface area contributed by atoms with Crippen molar-refractivity contribution < 1.29 is 4.74 Å². The van der Waals surface area contributed by atoms with Crippen molar-refractivity contribution in [3.63, 3.8) is 0 Å². The molecule has 0 amide bonds. The van der Waals surface area contributed by atoms with Crippen LogP contribution in [-0.4, -0.2) is 39.6 Å². The fourth-order valence-electron chi connectivity index (χ4n) is 2.82. The Morgan fingerprint density at radius 2 is 2.10 bits per heavy atom. The normalized spacial score (nSPS) is 24.4. The predicted octanol–water partition coefficient (Wildman–Crippen LogP) is 1.67. The third-order valence-electron chi connectivity index (χ3n) is 3.51. The minimum absolute atomic E-state index is 0.0121. The number of thiazole rings is 1. The Morgan fingerprint density at radius 3 is 2.80 bits per heavy atom. The number of morpholine rings is 1. The number of rotatable bonds is 2. The summed E-state index contributed by atoms with van der Waals surface area (Å²) in [6, 6.07) is 1.65. The van der Waals surface area contributed by atoms with Gasteiger partial charge in [0.25, 0.3) is 5.56 Å². The van der Waals surface area contributed by atoms with Crippen molar-refractivity contribution in [3.8, 4) is 0 Å². The Hall–Kier alpha value is -1.24. The van der Waals surface area contributed by atoms with Gasteiger partial charge >= 0.3 is 0 Å². The quantitative estimate of drug-likeness (QED) is 0.845. The number of aryl methyl sites for hydroxylation is 1. The van der Waals surface area contributed by atoms with Gasteiger partial charge in [-0.1, -0.05) is 0 Å². The molecule has 1 saturated heterocycles. The lowest BCUT2D eigenvalue weighted by atomic mass is 10.2. The fraction of sp³-hybridized carbons (Fsp3) is 0.571. The minimum Gasteiger partial charge on any atom is -0.373 e. The molecule has 20 heavy (non-hydrogen) atoms. The molecule has 0 unspecified atom stereocenters. The summed E-state index contributed by atoms with van der Waals surface area (Å²) in [5.74, 6) is 0. The van der Waals surface area contributed by atoms with E-state index in [2.05, 4.69) is 23.7 Å². The van der Waals surface area contributed by atoms with Gasteiger partial charge in [0.2, 0.25) is 0 Å². The molecule has 6 heteroatoms. The van der Waals surface area contributed by atoms with Crippen LogP contribution in [0.1, 0.15) is 25.2 Å². The van der Waals surface area contributed by atoms with Crippen molar-refractivity contribution in [1.82, 2.24) is 14.3 Å². The van der Waals surface area contributed by atoms with Crippen LogP contribution in [0.3, 0.4) is 0 Å². The van der Waals surface area contributed by atoms with E-state index in [-0.39, 0.29) is 17.8 Å². The largest absolute Gasteiger partial charge is 0.373 e. The zero-order valence-corrected chi connectivity index (χ0v) is 12.8. The van der Waals surface area contributed by atoms with E-state index in [0.29, 0.717) is 6.54 Å². The van der Waals surface area contributed by atoms with Gasteiger partial charge in [-0.3, -0.25) is 14.1 Å². The van der Waals surface area contributed by atoms with E-state index in [9.17, 15) is 4.79 Å². The van der Waals surface area contributed by atoms with Gasteiger partial charge in [0.05, 0.1) is 17.9 Å². The summed E-state index contributed by atoms with van der Waals surface area (Å²) in [4.78, 5) is 19.8. The van der Waals surface area contributed by atoms with E-state index in [4.69, 9.17) is 4.74 Å². The average molecular weight is 293 g/mol. The van der Waals surface area contributed by atoms with Crippen molar-refractivity contribution in [2.75, 3.05) is 13.1 Å². The van der Waals surface area contributed by atoms with Crippen LogP contribution in [0.5, 0.6) is 0 Å². The van der Waals surface area contributed by atoms with E-state index < -0.39 is 0 Å². The van der Waals surface area contributed by atoms with Crippen molar-refractivity contribution in [2.45, 2.75) is 39.5 Å². The third-order valence-corrected chi connectivity index (χ3v) is 4.45. The number of fused-ring (bicyclic) bond motifs is 1. The van der Waals surface area contributed by atoms with Crippen LogP contribution in [0.4, 0.5) is 0 Å². The molecular formula is C14H19N3O2S. The summed E-state index contributed by atoms with van der Waals surface area (Å²) in [7, 11) is 0. The molecular weight excluding hydrogens is 274 g/mol. The topological polar surface area (TPSA) is 46.8 Å². The molecule has 2 aromatic heterocycles. The number of hydrogen-bond donors (Lipinski definition) is 0. The monoisotopic (exact) mass is 293 g/mol. The second-order valence-corrected chi connectivity index (χ2v) is 6.37. The molecule has 0 N–H and O–H groups in total. The Balaban J connectivity index is 1.86. The first kappa shape index (κ1) is 13.7. The van der Waals surface area contributed by atoms with Crippen LogP contribution in [-0.2, 0) is 11.3 Å². The van der Waals surface area contributed by atoms with Crippen molar-refractivity contribution in [2.24, 2.45) is 0 Å². The highest BCUT2D eigenvalue weighted by Gasteiger charge is 2.22. The van der Waals surface area contributed by atoms with E-state index in [1.165, 1.54) is 11.3 Å². The second kappa shape index (κ2) is 5.27. The van der Waals surface area contributed by atoms with Gasteiger partial charge in [-0.2, -0.15) is 0 Å². The summed E-state index contributed by atoms with van der Waals surface area (Å²) >= 11 is 1.51. The molecule has 0 radical (unpaired) electrons. The Morgan fingerprint density at radius 1 is 1.40 bits per heavy atom. The van der Waals surface area contributed by atoms with Crippen LogP contribution >= 0.6 is 11.3 Å². The maximum Gasteiger partial charge on any atom is 0.259 e. The molecule has 3 rings (SSSR count). The maximum atomic E-state index is 12.1. The molecule has 0 spiro atoms. The molecule has 108 valence electrons. The maximum absolute atomic E-state index is 12.1. The molecule has 1 aliphatic heterocycles. The van der Waals surface area contributed by atoms with E-state index in [1.54, 1.807) is 10.5 Å². The summed E-state index contributed by atoms with van der Waals surface area (Å²) in [6.07, 6.45) is 0.458. The molecule has 1 aliphatic rings. The molecule has 0 bridgehead atoms. The van der Waals surface area contributed by atoms with Crippen LogP contribution in [0.2, 0.25) is 0 Å².